The second-order valence-electron chi connectivity index (χ2n) is 5.27. The van der Waals surface area contributed by atoms with Gasteiger partial charge in [0.2, 0.25) is 11.8 Å². The Labute approximate surface area is 128 Å². The van der Waals surface area contributed by atoms with E-state index < -0.39 is 11.9 Å². The molecule has 1 saturated heterocycles. The molecule has 1 aliphatic rings. The molecule has 0 aromatic carbocycles. The van der Waals surface area contributed by atoms with Crippen molar-refractivity contribution in [1.82, 2.24) is 4.90 Å². The number of nitrogens with zero attached hydrogens (tertiary/aromatic N) is 2. The van der Waals surface area contributed by atoms with Crippen LogP contribution in [0.25, 0.3) is 0 Å². The number of likely N-dealkylation sites (tertiary alicyclic amines) is 1. The number of rotatable bonds is 4. The van der Waals surface area contributed by atoms with Crippen molar-refractivity contribution in [2.24, 2.45) is 5.73 Å². The molecule has 2 amide bonds. The van der Waals surface area contributed by atoms with E-state index >= 15 is 0 Å². The van der Waals surface area contributed by atoms with Crippen molar-refractivity contribution in [3.05, 3.63) is 21.9 Å². The minimum atomic E-state index is -0.505. The van der Waals surface area contributed by atoms with Crippen molar-refractivity contribution < 1.29 is 9.59 Å². The van der Waals surface area contributed by atoms with Crippen LogP contribution in [0.1, 0.15) is 48.3 Å². The van der Waals surface area contributed by atoms with E-state index in [2.05, 4.69) is 6.07 Å². The molecule has 21 heavy (non-hydrogen) atoms. The van der Waals surface area contributed by atoms with E-state index in [0.717, 1.165) is 17.7 Å². The molecule has 1 aromatic heterocycles. The fourth-order valence-electron chi connectivity index (χ4n) is 2.84. The Hall–Kier alpha value is -1.87. The minimum Gasteiger partial charge on any atom is -0.368 e. The molecule has 112 valence electrons. The molecule has 1 aliphatic heterocycles. The van der Waals surface area contributed by atoms with E-state index in [0.29, 0.717) is 24.3 Å². The van der Waals surface area contributed by atoms with E-state index in [4.69, 9.17) is 11.0 Å². The number of hydrogen-bond donors (Lipinski definition) is 1. The van der Waals surface area contributed by atoms with Gasteiger partial charge in [-0.2, -0.15) is 5.26 Å². The van der Waals surface area contributed by atoms with Gasteiger partial charge in [-0.25, -0.2) is 0 Å². The van der Waals surface area contributed by atoms with Crippen molar-refractivity contribution in [3.8, 4) is 6.07 Å². The average molecular weight is 305 g/mol. The molecule has 0 aliphatic carbocycles. The van der Waals surface area contributed by atoms with Crippen LogP contribution in [-0.2, 0) is 9.59 Å². The van der Waals surface area contributed by atoms with Crippen molar-refractivity contribution in [2.45, 2.75) is 44.6 Å². The maximum atomic E-state index is 12.4. The third kappa shape index (κ3) is 3.42. The monoisotopic (exact) mass is 305 g/mol. The Morgan fingerprint density at radius 3 is 2.95 bits per heavy atom. The molecule has 2 rings (SSSR count). The fourth-order valence-corrected chi connectivity index (χ4v) is 3.78. The number of carbonyl (C=O) groups is 2. The van der Waals surface area contributed by atoms with Crippen LogP contribution >= 0.6 is 11.3 Å². The summed E-state index contributed by atoms with van der Waals surface area (Å²) in [5.74, 6) is -0.317. The predicted octanol–water partition coefficient (Wildman–Crippen LogP) is 1.98. The number of thiophene rings is 1. The molecular weight excluding hydrogens is 286 g/mol. The number of nitriles is 1. The predicted molar refractivity (Wildman–Crippen MR) is 80.6 cm³/mol. The maximum absolute atomic E-state index is 12.4. The molecule has 6 heteroatoms. The van der Waals surface area contributed by atoms with Gasteiger partial charge in [0.15, 0.2) is 0 Å². The van der Waals surface area contributed by atoms with E-state index in [-0.39, 0.29) is 11.8 Å². The van der Waals surface area contributed by atoms with E-state index in [9.17, 15) is 9.59 Å². The SMILES string of the molecule is CCC(C(N)=O)N1CCCC(c2ccc(C#N)s2)CC1=O. The Morgan fingerprint density at radius 1 is 1.62 bits per heavy atom. The highest BCUT2D eigenvalue weighted by molar-refractivity contribution is 7.12. The molecule has 5 nitrogen and oxygen atoms in total. The summed E-state index contributed by atoms with van der Waals surface area (Å²) in [6.07, 6.45) is 2.67. The van der Waals surface area contributed by atoms with Crippen LogP contribution in [0.3, 0.4) is 0 Å². The first-order valence-electron chi connectivity index (χ1n) is 7.15. The zero-order chi connectivity index (χ0) is 15.4. The van der Waals surface area contributed by atoms with Gasteiger partial charge in [-0.1, -0.05) is 6.92 Å². The van der Waals surface area contributed by atoms with Gasteiger partial charge in [-0.15, -0.1) is 11.3 Å². The standard InChI is InChI=1S/C15H19N3O2S/c1-2-12(15(17)20)18-7-3-4-10(8-14(18)19)13-6-5-11(9-16)21-13/h5-6,10,12H,2-4,7-8H2,1H3,(H2,17,20). The molecule has 0 bridgehead atoms. The number of nitrogens with two attached hydrogens (primary N) is 1. The Bertz CT molecular complexity index is 576. The summed E-state index contributed by atoms with van der Waals surface area (Å²) < 4.78 is 0. The molecular formula is C15H19N3O2S. The molecule has 1 aromatic rings. The summed E-state index contributed by atoms with van der Waals surface area (Å²) in [7, 11) is 0. The topological polar surface area (TPSA) is 87.2 Å². The van der Waals surface area contributed by atoms with Crippen molar-refractivity contribution >= 4 is 23.2 Å². The van der Waals surface area contributed by atoms with Gasteiger partial charge in [-0.3, -0.25) is 9.59 Å². The Morgan fingerprint density at radius 2 is 2.38 bits per heavy atom. The van der Waals surface area contributed by atoms with Gasteiger partial charge in [0.25, 0.3) is 0 Å². The Balaban J connectivity index is 2.13. The van der Waals surface area contributed by atoms with Crippen LogP contribution < -0.4 is 5.73 Å². The van der Waals surface area contributed by atoms with Crippen LogP contribution in [0.15, 0.2) is 12.1 Å². The van der Waals surface area contributed by atoms with Crippen molar-refractivity contribution in [1.29, 1.82) is 5.26 Å². The molecule has 1 fully saturated rings. The number of carbonyl (C=O) groups excluding carboxylic acids is 2. The van der Waals surface area contributed by atoms with Gasteiger partial charge in [0, 0.05) is 23.8 Å². The summed E-state index contributed by atoms with van der Waals surface area (Å²) in [6.45, 7) is 2.44. The van der Waals surface area contributed by atoms with Gasteiger partial charge in [0.1, 0.15) is 17.0 Å². The molecule has 2 atom stereocenters. The van der Waals surface area contributed by atoms with Crippen LogP contribution in [-0.4, -0.2) is 29.3 Å². The summed E-state index contributed by atoms with van der Waals surface area (Å²) in [5, 5.41) is 8.90. The van der Waals surface area contributed by atoms with Crippen LogP contribution in [0.4, 0.5) is 0 Å². The molecule has 0 spiro atoms. The maximum Gasteiger partial charge on any atom is 0.240 e. The molecule has 0 saturated carbocycles. The van der Waals surface area contributed by atoms with Crippen molar-refractivity contribution in [2.75, 3.05) is 6.54 Å². The summed E-state index contributed by atoms with van der Waals surface area (Å²) in [5.41, 5.74) is 5.39. The first kappa shape index (κ1) is 15.5. The highest BCUT2D eigenvalue weighted by Gasteiger charge is 2.31. The molecule has 2 heterocycles. The lowest BCUT2D eigenvalue weighted by Crippen LogP contribution is -2.47. The lowest BCUT2D eigenvalue weighted by molar-refractivity contribution is -0.139. The second kappa shape index (κ2) is 6.72. The number of primary amides is 1. The van der Waals surface area contributed by atoms with Gasteiger partial charge in [-0.05, 0) is 31.4 Å². The van der Waals surface area contributed by atoms with Crippen LogP contribution in [0, 0.1) is 11.3 Å². The van der Waals surface area contributed by atoms with E-state index in [1.807, 2.05) is 13.0 Å². The van der Waals surface area contributed by atoms with Gasteiger partial charge >= 0.3 is 0 Å². The molecule has 2 N–H and O–H groups in total. The van der Waals surface area contributed by atoms with Crippen LogP contribution in [0.2, 0.25) is 0 Å². The third-order valence-corrected chi connectivity index (χ3v) is 5.08. The smallest absolute Gasteiger partial charge is 0.240 e. The van der Waals surface area contributed by atoms with Crippen molar-refractivity contribution in [3.63, 3.8) is 0 Å². The first-order chi connectivity index (χ1) is 10.1. The quantitative estimate of drug-likeness (QED) is 0.922. The minimum absolute atomic E-state index is 0.0185. The lowest BCUT2D eigenvalue weighted by Gasteiger charge is -2.27. The van der Waals surface area contributed by atoms with Gasteiger partial charge in [0.05, 0.1) is 0 Å². The van der Waals surface area contributed by atoms with E-state index in [1.165, 1.54) is 11.3 Å². The Kier molecular flexibility index (Phi) is 4.97. The van der Waals surface area contributed by atoms with Crippen LogP contribution in [0.5, 0.6) is 0 Å². The highest BCUT2D eigenvalue weighted by Crippen LogP contribution is 2.33. The summed E-state index contributed by atoms with van der Waals surface area (Å²) in [6, 6.07) is 5.35. The number of amides is 2. The average Bonchev–Trinajstić information content (AvgIpc) is 2.85. The second-order valence-corrected chi connectivity index (χ2v) is 6.39. The molecule has 2 unspecified atom stereocenters. The summed E-state index contributed by atoms with van der Waals surface area (Å²) >= 11 is 1.45. The summed E-state index contributed by atoms with van der Waals surface area (Å²) in [4.78, 5) is 27.3. The fraction of sp³-hybridized carbons (Fsp3) is 0.533. The highest BCUT2D eigenvalue weighted by atomic mass is 32.1. The lowest BCUT2D eigenvalue weighted by atomic mass is 9.99. The first-order valence-corrected chi connectivity index (χ1v) is 7.97. The normalized spacial score (nSPS) is 20.7. The zero-order valence-electron chi connectivity index (χ0n) is 12.0. The third-order valence-electron chi connectivity index (χ3n) is 3.92. The van der Waals surface area contributed by atoms with E-state index in [1.54, 1.807) is 11.0 Å². The zero-order valence-corrected chi connectivity index (χ0v) is 12.9. The molecule has 0 radical (unpaired) electrons. The van der Waals surface area contributed by atoms with Gasteiger partial charge < -0.3 is 10.6 Å². The number of hydrogen-bond acceptors (Lipinski definition) is 4. The largest absolute Gasteiger partial charge is 0.368 e.